The minimum absolute atomic E-state index is 1.11. The van der Waals surface area contributed by atoms with Crippen LogP contribution in [0.1, 0.15) is 115 Å². The molecule has 2 aromatic heterocycles. The van der Waals surface area contributed by atoms with Gasteiger partial charge in [-0.05, 0) is 48.9 Å². The molecule has 0 N–H and O–H groups in total. The van der Waals surface area contributed by atoms with E-state index in [1.807, 2.05) is 12.4 Å². The van der Waals surface area contributed by atoms with E-state index in [9.17, 15) is 0 Å². The molecule has 0 unspecified atom stereocenters. The lowest BCUT2D eigenvalue weighted by molar-refractivity contribution is 0.588. The summed E-state index contributed by atoms with van der Waals surface area (Å²) < 4.78 is 0. The second-order valence-electron chi connectivity index (χ2n) is 8.76. The van der Waals surface area contributed by atoms with Crippen LogP contribution in [-0.4, -0.2) is 9.97 Å². The van der Waals surface area contributed by atoms with Crippen molar-refractivity contribution in [1.29, 1.82) is 0 Å². The maximum Gasteiger partial charge on any atom is 0.0920 e. The molecule has 0 amide bonds. The Morgan fingerprint density at radius 1 is 0.500 bits per heavy atom. The van der Waals surface area contributed by atoms with E-state index in [0.717, 1.165) is 24.2 Å². The van der Waals surface area contributed by atoms with Gasteiger partial charge in [-0.1, -0.05) is 103 Å². The first kappa shape index (κ1) is 24.6. The van der Waals surface area contributed by atoms with Crippen LogP contribution in [0.15, 0.2) is 36.7 Å². The lowest BCUT2D eigenvalue weighted by Crippen LogP contribution is -2.00. The largest absolute Gasteiger partial charge is 0.254 e. The Morgan fingerprint density at radius 2 is 0.867 bits per heavy atom. The highest BCUT2D eigenvalue weighted by Gasteiger charge is 2.12. The second kappa shape index (κ2) is 16.1. The molecule has 0 saturated heterocycles. The van der Waals surface area contributed by atoms with Crippen molar-refractivity contribution in [2.75, 3.05) is 0 Å². The van der Waals surface area contributed by atoms with Gasteiger partial charge in [0.25, 0.3) is 0 Å². The fourth-order valence-corrected chi connectivity index (χ4v) is 4.25. The summed E-state index contributed by atoms with van der Waals surface area (Å²) in [5, 5.41) is 0. The standard InChI is InChI=1S/C28H44N2/c1-3-5-7-9-11-13-15-19-25-21-17-23-29-27(25)28-26(22-18-24-30-28)20-16-14-12-10-8-6-4-2/h17-18,21-24H,3-16,19-20H2,1-2H3. The van der Waals surface area contributed by atoms with Crippen molar-refractivity contribution in [2.24, 2.45) is 0 Å². The minimum Gasteiger partial charge on any atom is -0.254 e. The number of aryl methyl sites for hydroxylation is 2. The van der Waals surface area contributed by atoms with Gasteiger partial charge in [-0.15, -0.1) is 0 Å². The molecule has 0 atom stereocenters. The zero-order valence-electron chi connectivity index (χ0n) is 19.7. The quantitative estimate of drug-likeness (QED) is 0.244. The lowest BCUT2D eigenvalue weighted by atomic mass is 9.97. The molecule has 0 aliphatic rings. The zero-order chi connectivity index (χ0) is 21.3. The maximum atomic E-state index is 4.76. The first-order chi connectivity index (χ1) is 14.9. The van der Waals surface area contributed by atoms with Crippen LogP contribution in [-0.2, 0) is 12.8 Å². The topological polar surface area (TPSA) is 25.8 Å². The van der Waals surface area contributed by atoms with Gasteiger partial charge >= 0.3 is 0 Å². The summed E-state index contributed by atoms with van der Waals surface area (Å²) >= 11 is 0. The summed E-state index contributed by atoms with van der Waals surface area (Å²) in [6, 6.07) is 8.68. The van der Waals surface area contributed by atoms with Gasteiger partial charge in [0.2, 0.25) is 0 Å². The van der Waals surface area contributed by atoms with Crippen molar-refractivity contribution in [1.82, 2.24) is 9.97 Å². The minimum atomic E-state index is 1.11. The molecule has 0 fully saturated rings. The first-order valence-corrected chi connectivity index (χ1v) is 12.7. The van der Waals surface area contributed by atoms with Crippen molar-refractivity contribution >= 4 is 0 Å². The van der Waals surface area contributed by atoms with Crippen LogP contribution < -0.4 is 0 Å². The molecule has 0 bridgehead atoms. The Bertz CT molecular complexity index is 620. The normalized spacial score (nSPS) is 11.1. The highest BCUT2D eigenvalue weighted by Crippen LogP contribution is 2.26. The predicted octanol–water partition coefficient (Wildman–Crippen LogP) is 8.73. The molecule has 0 radical (unpaired) electrons. The SMILES string of the molecule is CCCCCCCCCc1cccnc1-c1ncccc1CCCCCCCCC. The van der Waals surface area contributed by atoms with Crippen LogP contribution in [0.2, 0.25) is 0 Å². The predicted molar refractivity (Wildman–Crippen MR) is 131 cm³/mol. The smallest absolute Gasteiger partial charge is 0.0920 e. The Hall–Kier alpha value is -1.70. The van der Waals surface area contributed by atoms with Gasteiger partial charge in [0.1, 0.15) is 0 Å². The number of rotatable bonds is 17. The average molecular weight is 409 g/mol. The lowest BCUT2D eigenvalue weighted by Gasteiger charge is -2.12. The molecule has 0 aliphatic heterocycles. The Balaban J connectivity index is 1.87. The second-order valence-corrected chi connectivity index (χ2v) is 8.76. The molecule has 2 heterocycles. The summed E-state index contributed by atoms with van der Waals surface area (Å²) in [4.78, 5) is 9.53. The van der Waals surface area contributed by atoms with Gasteiger partial charge in [-0.3, -0.25) is 9.97 Å². The molecular weight excluding hydrogens is 364 g/mol. The van der Waals surface area contributed by atoms with Crippen LogP contribution in [0.5, 0.6) is 0 Å². The van der Waals surface area contributed by atoms with Crippen LogP contribution in [0, 0.1) is 0 Å². The van der Waals surface area contributed by atoms with Crippen LogP contribution in [0.25, 0.3) is 11.4 Å². The molecule has 30 heavy (non-hydrogen) atoms. The third-order valence-corrected chi connectivity index (χ3v) is 6.11. The molecule has 0 spiro atoms. The van der Waals surface area contributed by atoms with Crippen molar-refractivity contribution < 1.29 is 0 Å². The summed E-state index contributed by atoms with van der Waals surface area (Å²) in [5.74, 6) is 0. The van der Waals surface area contributed by atoms with Gasteiger partial charge in [0.15, 0.2) is 0 Å². The molecule has 2 heteroatoms. The van der Waals surface area contributed by atoms with E-state index in [1.165, 1.54) is 101 Å². The molecule has 2 nitrogen and oxygen atoms in total. The van der Waals surface area contributed by atoms with Gasteiger partial charge in [-0.25, -0.2) is 0 Å². The van der Waals surface area contributed by atoms with E-state index < -0.39 is 0 Å². The monoisotopic (exact) mass is 408 g/mol. The van der Waals surface area contributed by atoms with Crippen LogP contribution >= 0.6 is 0 Å². The number of aromatic nitrogens is 2. The molecule has 0 aromatic carbocycles. The van der Waals surface area contributed by atoms with Crippen LogP contribution in [0.3, 0.4) is 0 Å². The zero-order valence-corrected chi connectivity index (χ0v) is 19.7. The van der Waals surface area contributed by atoms with Crippen molar-refractivity contribution in [3.8, 4) is 11.4 Å². The number of pyridine rings is 2. The van der Waals surface area contributed by atoms with E-state index >= 15 is 0 Å². The summed E-state index contributed by atoms with van der Waals surface area (Å²) in [7, 11) is 0. The number of hydrogen-bond donors (Lipinski definition) is 0. The highest BCUT2D eigenvalue weighted by molar-refractivity contribution is 5.62. The molecule has 166 valence electrons. The van der Waals surface area contributed by atoms with Crippen molar-refractivity contribution in [3.05, 3.63) is 47.8 Å². The number of hydrogen-bond acceptors (Lipinski definition) is 2. The highest BCUT2D eigenvalue weighted by atomic mass is 14.8. The van der Waals surface area contributed by atoms with Gasteiger partial charge in [0, 0.05) is 12.4 Å². The number of unbranched alkanes of at least 4 members (excludes halogenated alkanes) is 12. The fraction of sp³-hybridized carbons (Fsp3) is 0.643. The third-order valence-electron chi connectivity index (χ3n) is 6.11. The van der Waals surface area contributed by atoms with E-state index in [-0.39, 0.29) is 0 Å². The Morgan fingerprint density at radius 3 is 1.27 bits per heavy atom. The van der Waals surface area contributed by atoms with E-state index in [4.69, 9.17) is 9.97 Å². The molecule has 2 rings (SSSR count). The Labute approximate surface area is 185 Å². The Kier molecular flexibility index (Phi) is 13.1. The molecule has 0 saturated carbocycles. The van der Waals surface area contributed by atoms with Crippen LogP contribution in [0.4, 0.5) is 0 Å². The van der Waals surface area contributed by atoms with E-state index in [1.54, 1.807) is 0 Å². The first-order valence-electron chi connectivity index (χ1n) is 12.7. The summed E-state index contributed by atoms with van der Waals surface area (Å²) in [5.41, 5.74) is 4.96. The van der Waals surface area contributed by atoms with Crippen molar-refractivity contribution in [3.63, 3.8) is 0 Å². The molecule has 0 aliphatic carbocycles. The van der Waals surface area contributed by atoms with E-state index in [0.29, 0.717) is 0 Å². The van der Waals surface area contributed by atoms with Gasteiger partial charge in [0.05, 0.1) is 11.4 Å². The average Bonchev–Trinajstić information content (AvgIpc) is 2.78. The summed E-state index contributed by atoms with van der Waals surface area (Å²) in [6.07, 6.45) is 24.9. The van der Waals surface area contributed by atoms with Gasteiger partial charge in [-0.2, -0.15) is 0 Å². The van der Waals surface area contributed by atoms with Crippen molar-refractivity contribution in [2.45, 2.75) is 117 Å². The molecule has 2 aromatic rings. The van der Waals surface area contributed by atoms with Gasteiger partial charge < -0.3 is 0 Å². The molecular formula is C28H44N2. The number of nitrogens with zero attached hydrogens (tertiary/aromatic N) is 2. The summed E-state index contributed by atoms with van der Waals surface area (Å²) in [6.45, 7) is 4.56. The fourth-order valence-electron chi connectivity index (χ4n) is 4.25. The third kappa shape index (κ3) is 9.41. The maximum absolute atomic E-state index is 4.76. The van der Waals surface area contributed by atoms with E-state index in [2.05, 4.69) is 38.1 Å².